The van der Waals surface area contributed by atoms with Gasteiger partial charge in [0.15, 0.2) is 5.16 Å². The largest absolute Gasteiger partial charge is 0.339 e. The predicted octanol–water partition coefficient (Wildman–Crippen LogP) is 3.24. The quantitative estimate of drug-likeness (QED) is 0.521. The molecule has 0 atom stereocenters. The summed E-state index contributed by atoms with van der Waals surface area (Å²) in [5.74, 6) is 0.258. The van der Waals surface area contributed by atoms with E-state index in [1.807, 2.05) is 32.0 Å². The normalized spacial score (nSPS) is 15.0. The summed E-state index contributed by atoms with van der Waals surface area (Å²) in [4.78, 5) is 22.7. The summed E-state index contributed by atoms with van der Waals surface area (Å²) in [5, 5.41) is 0.729. The molecule has 174 valence electrons. The molecular weight excluding hydrogens is 456 g/mol. The zero-order valence-electron chi connectivity index (χ0n) is 18.8. The number of thioether (sulfide) groups is 1. The average molecular weight is 485 g/mol. The molecule has 1 aliphatic rings. The number of nitrogens with one attached hydrogen (secondary N) is 1. The van der Waals surface area contributed by atoms with Crippen molar-refractivity contribution in [3.05, 3.63) is 77.1 Å². The number of benzene rings is 2. The lowest BCUT2D eigenvalue weighted by Crippen LogP contribution is -2.50. The van der Waals surface area contributed by atoms with Gasteiger partial charge in [-0.1, -0.05) is 59.8 Å². The second-order valence-corrected chi connectivity index (χ2v) is 11.1. The molecule has 4 rings (SSSR count). The Bertz CT molecular complexity index is 1200. The summed E-state index contributed by atoms with van der Waals surface area (Å²) in [6.45, 7) is 5.29. The lowest BCUT2D eigenvalue weighted by Gasteiger charge is -2.34. The number of piperazine rings is 1. The first-order valence-electron chi connectivity index (χ1n) is 10.9. The van der Waals surface area contributed by atoms with Crippen molar-refractivity contribution >= 4 is 27.7 Å². The van der Waals surface area contributed by atoms with Crippen molar-refractivity contribution in [1.29, 1.82) is 0 Å². The van der Waals surface area contributed by atoms with Crippen LogP contribution in [0.5, 0.6) is 0 Å². The zero-order valence-corrected chi connectivity index (χ0v) is 20.5. The first kappa shape index (κ1) is 23.5. The Balaban J connectivity index is 1.29. The molecule has 1 amide bonds. The molecule has 33 heavy (non-hydrogen) atoms. The van der Waals surface area contributed by atoms with E-state index in [-0.39, 0.29) is 11.7 Å². The lowest BCUT2D eigenvalue weighted by molar-refractivity contribution is -0.129. The second-order valence-electron chi connectivity index (χ2n) is 8.16. The Kier molecular flexibility index (Phi) is 7.21. The van der Waals surface area contributed by atoms with Gasteiger partial charge in [-0.05, 0) is 31.5 Å². The van der Waals surface area contributed by atoms with Crippen LogP contribution in [0.3, 0.4) is 0 Å². The number of nitrogens with zero attached hydrogens (tertiary/aromatic N) is 3. The highest BCUT2D eigenvalue weighted by atomic mass is 32.2. The minimum atomic E-state index is -3.54. The number of aromatic amines is 1. The van der Waals surface area contributed by atoms with Gasteiger partial charge in [0.25, 0.3) is 0 Å². The SMILES string of the molecule is Cc1ccc(S(=O)(=O)N2CCN(C(=O)CSc3nc(Cc4ccccc4)c(C)[nH]3)CC2)cc1. The number of hydrogen-bond acceptors (Lipinski definition) is 5. The fourth-order valence-electron chi connectivity index (χ4n) is 3.76. The van der Waals surface area contributed by atoms with Crippen molar-refractivity contribution < 1.29 is 13.2 Å². The van der Waals surface area contributed by atoms with Crippen molar-refractivity contribution in [2.24, 2.45) is 0 Å². The van der Waals surface area contributed by atoms with Crippen LogP contribution >= 0.6 is 11.8 Å². The number of aromatic nitrogens is 2. The highest BCUT2D eigenvalue weighted by molar-refractivity contribution is 7.99. The van der Waals surface area contributed by atoms with E-state index in [4.69, 9.17) is 0 Å². The average Bonchev–Trinajstić information content (AvgIpc) is 3.17. The molecule has 1 aromatic heterocycles. The van der Waals surface area contributed by atoms with Gasteiger partial charge < -0.3 is 9.88 Å². The molecule has 0 bridgehead atoms. The van der Waals surface area contributed by atoms with Gasteiger partial charge in [-0.3, -0.25) is 4.79 Å². The van der Waals surface area contributed by atoms with Gasteiger partial charge in [-0.25, -0.2) is 13.4 Å². The molecule has 1 aliphatic heterocycles. The Labute approximate surface area is 199 Å². The van der Waals surface area contributed by atoms with E-state index < -0.39 is 10.0 Å². The second kappa shape index (κ2) is 10.1. The molecule has 0 aliphatic carbocycles. The van der Waals surface area contributed by atoms with Crippen molar-refractivity contribution in [2.45, 2.75) is 30.3 Å². The number of sulfonamides is 1. The van der Waals surface area contributed by atoms with Crippen molar-refractivity contribution in [1.82, 2.24) is 19.2 Å². The summed E-state index contributed by atoms with van der Waals surface area (Å²) in [6, 6.07) is 17.0. The van der Waals surface area contributed by atoms with Crippen molar-refractivity contribution in [3.8, 4) is 0 Å². The van der Waals surface area contributed by atoms with Gasteiger partial charge in [-0.15, -0.1) is 0 Å². The van der Waals surface area contributed by atoms with Crippen LogP contribution in [0.4, 0.5) is 0 Å². The standard InChI is InChI=1S/C24H28N4O3S2/c1-18-8-10-21(11-9-18)33(30,31)28-14-12-27(13-15-28)23(29)17-32-24-25-19(2)22(26-24)16-20-6-4-3-5-7-20/h3-11H,12-17H2,1-2H3,(H,25,26). The molecular formula is C24H28N4O3S2. The maximum absolute atomic E-state index is 12.9. The van der Waals surface area contributed by atoms with Crippen LogP contribution in [0.1, 0.15) is 22.5 Å². The topological polar surface area (TPSA) is 86.4 Å². The van der Waals surface area contributed by atoms with E-state index >= 15 is 0 Å². The first-order valence-corrected chi connectivity index (χ1v) is 13.3. The van der Waals surface area contributed by atoms with E-state index in [0.717, 1.165) is 28.5 Å². The van der Waals surface area contributed by atoms with E-state index in [1.54, 1.807) is 29.2 Å². The minimum absolute atomic E-state index is 0.00829. The number of amides is 1. The molecule has 2 heterocycles. The highest BCUT2D eigenvalue weighted by Gasteiger charge is 2.30. The van der Waals surface area contributed by atoms with E-state index in [0.29, 0.717) is 31.1 Å². The number of imidazole rings is 1. The smallest absolute Gasteiger partial charge is 0.243 e. The Hall–Kier alpha value is -2.62. The van der Waals surface area contributed by atoms with Crippen molar-refractivity contribution in [3.63, 3.8) is 0 Å². The maximum atomic E-state index is 12.9. The third-order valence-electron chi connectivity index (χ3n) is 5.76. The molecule has 0 radical (unpaired) electrons. The van der Waals surface area contributed by atoms with Crippen molar-refractivity contribution in [2.75, 3.05) is 31.9 Å². The molecule has 2 aromatic carbocycles. The molecule has 0 saturated carbocycles. The van der Waals surface area contributed by atoms with Gasteiger partial charge in [-0.2, -0.15) is 4.31 Å². The van der Waals surface area contributed by atoms with Crippen LogP contribution in [0.15, 0.2) is 64.6 Å². The summed E-state index contributed by atoms with van der Waals surface area (Å²) in [6.07, 6.45) is 0.745. The van der Waals surface area contributed by atoms with Gasteiger partial charge in [0, 0.05) is 38.3 Å². The summed E-state index contributed by atoms with van der Waals surface area (Å²) in [7, 11) is -3.54. The van der Waals surface area contributed by atoms with Gasteiger partial charge in [0.2, 0.25) is 15.9 Å². The molecule has 3 aromatic rings. The maximum Gasteiger partial charge on any atom is 0.243 e. The third kappa shape index (κ3) is 5.66. The van der Waals surface area contributed by atoms with Crippen LogP contribution < -0.4 is 0 Å². The van der Waals surface area contributed by atoms with Crippen LogP contribution in [0, 0.1) is 13.8 Å². The number of hydrogen-bond donors (Lipinski definition) is 1. The fraction of sp³-hybridized carbons (Fsp3) is 0.333. The van der Waals surface area contributed by atoms with E-state index in [1.165, 1.54) is 21.6 Å². The van der Waals surface area contributed by atoms with Gasteiger partial charge in [0.05, 0.1) is 16.3 Å². The van der Waals surface area contributed by atoms with E-state index in [9.17, 15) is 13.2 Å². The number of carbonyl (C=O) groups excluding carboxylic acids is 1. The molecule has 1 N–H and O–H groups in total. The highest BCUT2D eigenvalue weighted by Crippen LogP contribution is 2.21. The summed E-state index contributed by atoms with van der Waals surface area (Å²) in [5.41, 5.74) is 4.19. The molecule has 7 nitrogen and oxygen atoms in total. The minimum Gasteiger partial charge on any atom is -0.339 e. The Morgan fingerprint density at radius 3 is 2.33 bits per heavy atom. The Morgan fingerprint density at radius 2 is 1.67 bits per heavy atom. The lowest BCUT2D eigenvalue weighted by atomic mass is 10.1. The third-order valence-corrected chi connectivity index (χ3v) is 8.53. The molecule has 9 heteroatoms. The van der Waals surface area contributed by atoms with Crippen LogP contribution in [0.2, 0.25) is 0 Å². The first-order chi connectivity index (χ1) is 15.8. The molecule has 1 fully saturated rings. The molecule has 1 saturated heterocycles. The van der Waals surface area contributed by atoms with Gasteiger partial charge >= 0.3 is 0 Å². The van der Waals surface area contributed by atoms with E-state index in [2.05, 4.69) is 22.1 Å². The summed E-state index contributed by atoms with van der Waals surface area (Å²) < 4.78 is 27.2. The number of aryl methyl sites for hydroxylation is 2. The fourth-order valence-corrected chi connectivity index (χ4v) is 6.02. The monoisotopic (exact) mass is 484 g/mol. The zero-order chi connectivity index (χ0) is 23.4. The summed E-state index contributed by atoms with van der Waals surface area (Å²) >= 11 is 1.38. The molecule has 0 unspecified atom stereocenters. The van der Waals surface area contributed by atoms with Crippen LogP contribution in [-0.2, 0) is 21.2 Å². The number of H-pyrrole nitrogens is 1. The Morgan fingerprint density at radius 1 is 1.00 bits per heavy atom. The number of rotatable bonds is 7. The number of carbonyl (C=O) groups is 1. The molecule has 0 spiro atoms. The van der Waals surface area contributed by atoms with Crippen LogP contribution in [-0.4, -0.2) is 65.4 Å². The van der Waals surface area contributed by atoms with Crippen LogP contribution in [0.25, 0.3) is 0 Å². The van der Waals surface area contributed by atoms with Gasteiger partial charge in [0.1, 0.15) is 0 Å². The predicted molar refractivity (Wildman–Crippen MR) is 130 cm³/mol.